The van der Waals surface area contributed by atoms with Gasteiger partial charge in [-0.05, 0) is 44.5 Å². The summed E-state index contributed by atoms with van der Waals surface area (Å²) in [7, 11) is 0. The lowest BCUT2D eigenvalue weighted by atomic mass is 10.1. The molecule has 1 aromatic carbocycles. The fourth-order valence-electron chi connectivity index (χ4n) is 1.92. The van der Waals surface area contributed by atoms with Crippen LogP contribution in [0.4, 0.5) is 5.69 Å². The predicted octanol–water partition coefficient (Wildman–Crippen LogP) is 3.24. The molecule has 0 fully saturated rings. The van der Waals surface area contributed by atoms with Gasteiger partial charge in [-0.3, -0.25) is 4.79 Å². The lowest BCUT2D eigenvalue weighted by Crippen LogP contribution is -2.26. The van der Waals surface area contributed by atoms with Gasteiger partial charge in [0.1, 0.15) is 0 Å². The number of amides is 1. The molecule has 0 saturated heterocycles. The molecule has 0 saturated carbocycles. The predicted molar refractivity (Wildman–Crippen MR) is 89.2 cm³/mol. The summed E-state index contributed by atoms with van der Waals surface area (Å²) >= 11 is 1.64. The first-order valence-corrected chi connectivity index (χ1v) is 7.56. The molecule has 1 heterocycles. The minimum Gasteiger partial charge on any atom is -0.376 e. The lowest BCUT2D eigenvalue weighted by molar-refractivity contribution is -0.119. The molecule has 4 nitrogen and oxygen atoms in total. The number of aryl methyl sites for hydroxylation is 3. The van der Waals surface area contributed by atoms with Gasteiger partial charge in [-0.1, -0.05) is 17.7 Å². The topological polar surface area (TPSA) is 53.5 Å². The van der Waals surface area contributed by atoms with Gasteiger partial charge in [0, 0.05) is 15.4 Å². The molecule has 2 rings (SSSR count). The summed E-state index contributed by atoms with van der Waals surface area (Å²) in [6, 6.07) is 10.1. The van der Waals surface area contributed by atoms with E-state index in [0.29, 0.717) is 0 Å². The third-order valence-corrected chi connectivity index (χ3v) is 3.90. The Morgan fingerprint density at radius 3 is 2.71 bits per heavy atom. The van der Waals surface area contributed by atoms with Crippen LogP contribution in [0.5, 0.6) is 0 Å². The molecule has 2 aromatic rings. The number of carbonyl (C=O) groups excluding carboxylic acids is 1. The van der Waals surface area contributed by atoms with Crippen LogP contribution in [0, 0.1) is 20.8 Å². The Labute approximate surface area is 128 Å². The van der Waals surface area contributed by atoms with Crippen LogP contribution in [-0.2, 0) is 4.79 Å². The Bertz CT molecular complexity index is 661. The van der Waals surface area contributed by atoms with Gasteiger partial charge >= 0.3 is 0 Å². The number of hydrazone groups is 1. The van der Waals surface area contributed by atoms with Crippen molar-refractivity contribution in [3.05, 3.63) is 51.2 Å². The van der Waals surface area contributed by atoms with E-state index in [1.807, 2.05) is 45.0 Å². The highest BCUT2D eigenvalue weighted by atomic mass is 32.1. The van der Waals surface area contributed by atoms with Gasteiger partial charge in [0.15, 0.2) is 0 Å². The van der Waals surface area contributed by atoms with Crippen molar-refractivity contribution in [1.82, 2.24) is 5.43 Å². The van der Waals surface area contributed by atoms with Crippen LogP contribution in [0.15, 0.2) is 35.4 Å². The molecular weight excluding hydrogens is 282 g/mol. The molecule has 1 amide bonds. The van der Waals surface area contributed by atoms with E-state index >= 15 is 0 Å². The quantitative estimate of drug-likeness (QED) is 0.658. The van der Waals surface area contributed by atoms with E-state index in [0.717, 1.165) is 16.1 Å². The highest BCUT2D eigenvalue weighted by Gasteiger charge is 2.02. The summed E-state index contributed by atoms with van der Waals surface area (Å²) in [5, 5.41) is 7.06. The molecule has 0 bridgehead atoms. The molecule has 1 aromatic heterocycles. The van der Waals surface area contributed by atoms with Crippen molar-refractivity contribution < 1.29 is 4.79 Å². The zero-order chi connectivity index (χ0) is 15.2. The Hall–Kier alpha value is -2.14. The van der Waals surface area contributed by atoms with E-state index in [1.165, 1.54) is 10.4 Å². The Kier molecular flexibility index (Phi) is 5.11. The second kappa shape index (κ2) is 7.04. The zero-order valence-corrected chi connectivity index (χ0v) is 13.3. The molecule has 0 unspecified atom stereocenters. The second-order valence-electron chi connectivity index (χ2n) is 4.91. The van der Waals surface area contributed by atoms with Gasteiger partial charge in [0.05, 0.1) is 12.8 Å². The number of nitrogens with zero attached hydrogens (tertiary/aromatic N) is 1. The van der Waals surface area contributed by atoms with Crippen molar-refractivity contribution >= 4 is 29.1 Å². The highest BCUT2D eigenvalue weighted by molar-refractivity contribution is 7.13. The van der Waals surface area contributed by atoms with Gasteiger partial charge in [-0.2, -0.15) is 5.10 Å². The molecule has 110 valence electrons. The smallest absolute Gasteiger partial charge is 0.259 e. The van der Waals surface area contributed by atoms with Crippen LogP contribution in [0.25, 0.3) is 0 Å². The summed E-state index contributed by atoms with van der Waals surface area (Å²) in [5.41, 5.74) is 5.81. The minimum atomic E-state index is -0.167. The number of anilines is 1. The SMILES string of the molecule is Cc1ccc(NCC(=O)N/N=C/c2ccc(C)s2)c(C)c1. The van der Waals surface area contributed by atoms with Crippen molar-refractivity contribution in [3.8, 4) is 0 Å². The molecule has 0 radical (unpaired) electrons. The molecule has 0 atom stereocenters. The lowest BCUT2D eigenvalue weighted by Gasteiger charge is -2.09. The Morgan fingerprint density at radius 2 is 2.05 bits per heavy atom. The standard InChI is InChI=1S/C16H19N3OS/c1-11-4-7-15(12(2)8-11)17-10-16(20)19-18-9-14-6-5-13(3)21-14/h4-9,17H,10H2,1-3H3,(H,19,20)/b18-9+. The molecule has 0 aliphatic heterocycles. The van der Waals surface area contributed by atoms with Crippen LogP contribution >= 0.6 is 11.3 Å². The van der Waals surface area contributed by atoms with Crippen molar-refractivity contribution in [2.45, 2.75) is 20.8 Å². The minimum absolute atomic E-state index is 0.167. The number of carbonyl (C=O) groups is 1. The molecular formula is C16H19N3OS. The normalized spacial score (nSPS) is 10.8. The fourth-order valence-corrected chi connectivity index (χ4v) is 2.67. The van der Waals surface area contributed by atoms with Crippen LogP contribution in [0.3, 0.4) is 0 Å². The maximum absolute atomic E-state index is 11.7. The van der Waals surface area contributed by atoms with Gasteiger partial charge in [-0.25, -0.2) is 5.43 Å². The van der Waals surface area contributed by atoms with E-state index in [-0.39, 0.29) is 12.5 Å². The number of hydrogen-bond acceptors (Lipinski definition) is 4. The third-order valence-electron chi connectivity index (χ3n) is 2.96. The zero-order valence-electron chi connectivity index (χ0n) is 12.4. The maximum Gasteiger partial charge on any atom is 0.259 e. The number of hydrogen-bond donors (Lipinski definition) is 2. The van der Waals surface area contributed by atoms with E-state index < -0.39 is 0 Å². The van der Waals surface area contributed by atoms with Crippen LogP contribution in [-0.4, -0.2) is 18.7 Å². The summed E-state index contributed by atoms with van der Waals surface area (Å²) in [5.74, 6) is -0.167. The first kappa shape index (κ1) is 15.3. The third kappa shape index (κ3) is 4.72. The molecule has 2 N–H and O–H groups in total. The average Bonchev–Trinajstić information content (AvgIpc) is 2.83. The highest BCUT2D eigenvalue weighted by Crippen LogP contribution is 2.15. The summed E-state index contributed by atoms with van der Waals surface area (Å²) in [6.45, 7) is 6.30. The van der Waals surface area contributed by atoms with Crippen LogP contribution < -0.4 is 10.7 Å². The van der Waals surface area contributed by atoms with E-state index in [4.69, 9.17) is 0 Å². The van der Waals surface area contributed by atoms with Crippen molar-refractivity contribution in [3.63, 3.8) is 0 Å². The summed E-state index contributed by atoms with van der Waals surface area (Å²) < 4.78 is 0. The first-order chi connectivity index (χ1) is 10.0. The van der Waals surface area contributed by atoms with E-state index in [1.54, 1.807) is 17.6 Å². The van der Waals surface area contributed by atoms with Gasteiger partial charge in [-0.15, -0.1) is 11.3 Å². The number of thiophene rings is 1. The number of rotatable bonds is 5. The number of nitrogens with one attached hydrogen (secondary N) is 2. The fraction of sp³-hybridized carbons (Fsp3) is 0.250. The summed E-state index contributed by atoms with van der Waals surface area (Å²) in [4.78, 5) is 14.0. The molecule has 0 spiro atoms. The second-order valence-corrected chi connectivity index (χ2v) is 6.23. The van der Waals surface area contributed by atoms with Crippen molar-refractivity contribution in [2.75, 3.05) is 11.9 Å². The van der Waals surface area contributed by atoms with Crippen LogP contribution in [0.1, 0.15) is 20.9 Å². The maximum atomic E-state index is 11.7. The van der Waals surface area contributed by atoms with Gasteiger partial charge < -0.3 is 5.32 Å². The average molecular weight is 301 g/mol. The monoisotopic (exact) mass is 301 g/mol. The largest absolute Gasteiger partial charge is 0.376 e. The van der Waals surface area contributed by atoms with Gasteiger partial charge in [0.25, 0.3) is 5.91 Å². The molecule has 0 aliphatic rings. The Morgan fingerprint density at radius 1 is 1.24 bits per heavy atom. The van der Waals surface area contributed by atoms with Gasteiger partial charge in [0.2, 0.25) is 0 Å². The van der Waals surface area contributed by atoms with E-state index in [2.05, 4.69) is 21.9 Å². The Balaban J connectivity index is 1.81. The first-order valence-electron chi connectivity index (χ1n) is 6.74. The van der Waals surface area contributed by atoms with Crippen molar-refractivity contribution in [1.29, 1.82) is 0 Å². The summed E-state index contributed by atoms with van der Waals surface area (Å²) in [6.07, 6.45) is 1.66. The molecule has 21 heavy (non-hydrogen) atoms. The van der Waals surface area contributed by atoms with E-state index in [9.17, 15) is 4.79 Å². The number of benzene rings is 1. The molecule has 5 heteroatoms. The molecule has 0 aliphatic carbocycles. The van der Waals surface area contributed by atoms with Crippen molar-refractivity contribution in [2.24, 2.45) is 5.10 Å². The van der Waals surface area contributed by atoms with Crippen LogP contribution in [0.2, 0.25) is 0 Å².